The zero-order chi connectivity index (χ0) is 14.1. The Labute approximate surface area is 115 Å². The number of methoxy groups -OCH3 is 1. The third-order valence-electron chi connectivity index (χ3n) is 2.82. The number of rotatable bonds is 6. The monoisotopic (exact) mass is 261 g/mol. The van der Waals surface area contributed by atoms with Crippen LogP contribution in [0.2, 0.25) is 0 Å². The average Bonchev–Trinajstić information content (AvgIpc) is 2.44. The van der Waals surface area contributed by atoms with Crippen LogP contribution in [0, 0.1) is 6.92 Å². The Hall–Kier alpha value is -1.97. The molecule has 0 saturated carbocycles. The van der Waals surface area contributed by atoms with E-state index in [9.17, 15) is 0 Å². The van der Waals surface area contributed by atoms with Crippen LogP contribution in [0.3, 0.4) is 0 Å². The zero-order valence-electron chi connectivity index (χ0n) is 12.0. The van der Waals surface area contributed by atoms with Crippen LogP contribution in [-0.4, -0.2) is 33.2 Å². The van der Waals surface area contributed by atoms with Gasteiger partial charge in [-0.3, -0.25) is 4.99 Å². The number of ether oxygens (including phenoxy) is 1. The van der Waals surface area contributed by atoms with Gasteiger partial charge >= 0.3 is 0 Å². The number of aryl methyl sites for hydroxylation is 1. The van der Waals surface area contributed by atoms with Gasteiger partial charge in [0, 0.05) is 20.1 Å². The summed E-state index contributed by atoms with van der Waals surface area (Å²) < 4.78 is 5.32. The van der Waals surface area contributed by atoms with Gasteiger partial charge in [-0.15, -0.1) is 6.58 Å². The van der Waals surface area contributed by atoms with Gasteiger partial charge in [-0.1, -0.05) is 18.2 Å². The molecule has 0 aliphatic rings. The maximum absolute atomic E-state index is 5.32. The summed E-state index contributed by atoms with van der Waals surface area (Å²) in [6.07, 6.45) is 2.73. The fourth-order valence-corrected chi connectivity index (χ4v) is 1.73. The highest BCUT2D eigenvalue weighted by Gasteiger charge is 2.01. The third-order valence-corrected chi connectivity index (χ3v) is 2.82. The summed E-state index contributed by atoms with van der Waals surface area (Å²) >= 11 is 0. The topological polar surface area (TPSA) is 45.7 Å². The van der Waals surface area contributed by atoms with Crippen molar-refractivity contribution in [3.63, 3.8) is 0 Å². The summed E-state index contributed by atoms with van der Waals surface area (Å²) in [6, 6.07) is 6.29. The molecule has 19 heavy (non-hydrogen) atoms. The number of guanidine groups is 1. The molecule has 2 N–H and O–H groups in total. The number of hydrogen-bond acceptors (Lipinski definition) is 2. The van der Waals surface area contributed by atoms with Gasteiger partial charge in [0.1, 0.15) is 5.75 Å². The fourth-order valence-electron chi connectivity index (χ4n) is 1.73. The highest BCUT2D eigenvalue weighted by molar-refractivity contribution is 5.79. The molecular weight excluding hydrogens is 238 g/mol. The minimum Gasteiger partial charge on any atom is -0.496 e. The second-order valence-electron chi connectivity index (χ2n) is 4.22. The first-order valence-corrected chi connectivity index (χ1v) is 6.40. The highest BCUT2D eigenvalue weighted by Crippen LogP contribution is 2.18. The Kier molecular flexibility index (Phi) is 6.50. The van der Waals surface area contributed by atoms with E-state index >= 15 is 0 Å². The van der Waals surface area contributed by atoms with Crippen LogP contribution in [-0.2, 0) is 6.42 Å². The first-order chi connectivity index (χ1) is 9.21. The van der Waals surface area contributed by atoms with Crippen LogP contribution >= 0.6 is 0 Å². The van der Waals surface area contributed by atoms with Crippen molar-refractivity contribution in [2.24, 2.45) is 4.99 Å². The molecule has 4 heteroatoms. The zero-order valence-corrected chi connectivity index (χ0v) is 12.0. The highest BCUT2D eigenvalue weighted by atomic mass is 16.5. The number of nitrogens with zero attached hydrogens (tertiary/aromatic N) is 1. The molecule has 0 bridgehead atoms. The molecule has 0 aliphatic heterocycles. The fraction of sp³-hybridized carbons (Fsp3) is 0.400. The van der Waals surface area contributed by atoms with E-state index in [2.05, 4.69) is 40.4 Å². The normalized spacial score (nSPS) is 11.0. The van der Waals surface area contributed by atoms with Gasteiger partial charge in [0.25, 0.3) is 0 Å². The van der Waals surface area contributed by atoms with Crippen molar-refractivity contribution >= 4 is 5.96 Å². The van der Waals surface area contributed by atoms with E-state index in [1.807, 2.05) is 6.92 Å². The largest absolute Gasteiger partial charge is 0.496 e. The molecular formula is C15H23N3O. The molecule has 1 aromatic carbocycles. The van der Waals surface area contributed by atoms with Crippen LogP contribution in [0.25, 0.3) is 0 Å². The van der Waals surface area contributed by atoms with Gasteiger partial charge in [-0.25, -0.2) is 0 Å². The van der Waals surface area contributed by atoms with E-state index in [-0.39, 0.29) is 0 Å². The molecule has 0 fully saturated rings. The minimum absolute atomic E-state index is 0.706. The molecule has 0 atom stereocenters. The predicted molar refractivity (Wildman–Crippen MR) is 81.0 cm³/mol. The van der Waals surface area contributed by atoms with Gasteiger partial charge in [0.05, 0.1) is 7.11 Å². The summed E-state index contributed by atoms with van der Waals surface area (Å²) in [6.45, 7) is 7.24. The van der Waals surface area contributed by atoms with Crippen LogP contribution in [0.1, 0.15) is 11.1 Å². The number of nitrogens with one attached hydrogen (secondary N) is 2. The van der Waals surface area contributed by atoms with E-state index < -0.39 is 0 Å². The van der Waals surface area contributed by atoms with E-state index in [0.29, 0.717) is 6.54 Å². The Morgan fingerprint density at radius 3 is 2.84 bits per heavy atom. The van der Waals surface area contributed by atoms with Gasteiger partial charge < -0.3 is 15.4 Å². The predicted octanol–water partition coefficient (Wildman–Crippen LogP) is 1.90. The lowest BCUT2D eigenvalue weighted by Crippen LogP contribution is -2.38. The van der Waals surface area contributed by atoms with Gasteiger partial charge in [0.2, 0.25) is 0 Å². The van der Waals surface area contributed by atoms with Crippen LogP contribution < -0.4 is 15.4 Å². The first-order valence-electron chi connectivity index (χ1n) is 6.40. The second-order valence-corrected chi connectivity index (χ2v) is 4.22. The van der Waals surface area contributed by atoms with Gasteiger partial charge in [0.15, 0.2) is 5.96 Å². The average molecular weight is 261 g/mol. The Balaban J connectivity index is 2.46. The van der Waals surface area contributed by atoms with Gasteiger partial charge in [-0.2, -0.15) is 0 Å². The molecule has 0 radical (unpaired) electrons. The van der Waals surface area contributed by atoms with Crippen molar-refractivity contribution in [3.05, 3.63) is 42.0 Å². The second kappa shape index (κ2) is 8.19. The molecule has 0 heterocycles. The number of hydrogen-bond donors (Lipinski definition) is 2. The first kappa shape index (κ1) is 15.1. The lowest BCUT2D eigenvalue weighted by atomic mass is 10.1. The minimum atomic E-state index is 0.706. The quantitative estimate of drug-likeness (QED) is 0.467. The van der Waals surface area contributed by atoms with E-state index in [4.69, 9.17) is 4.74 Å². The third kappa shape index (κ3) is 5.04. The number of aliphatic imine (C=N–C) groups is 1. The SMILES string of the molecule is C=CCNC(=NC)NCCc1ccc(C)c(OC)c1. The van der Waals surface area contributed by atoms with Crippen molar-refractivity contribution in [2.75, 3.05) is 27.2 Å². The van der Waals surface area contributed by atoms with E-state index in [1.165, 1.54) is 5.56 Å². The molecule has 1 aromatic rings. The molecule has 4 nitrogen and oxygen atoms in total. The van der Waals surface area contributed by atoms with Crippen LogP contribution in [0.4, 0.5) is 0 Å². The molecule has 0 unspecified atom stereocenters. The van der Waals surface area contributed by atoms with Crippen molar-refractivity contribution in [2.45, 2.75) is 13.3 Å². The molecule has 1 rings (SSSR count). The van der Waals surface area contributed by atoms with Gasteiger partial charge in [-0.05, 0) is 30.5 Å². The molecule has 0 aliphatic carbocycles. The van der Waals surface area contributed by atoms with Crippen molar-refractivity contribution < 1.29 is 4.74 Å². The smallest absolute Gasteiger partial charge is 0.191 e. The van der Waals surface area contributed by atoms with E-state index in [1.54, 1.807) is 20.2 Å². The molecule has 0 amide bonds. The lowest BCUT2D eigenvalue weighted by molar-refractivity contribution is 0.411. The van der Waals surface area contributed by atoms with Crippen molar-refractivity contribution in [1.82, 2.24) is 10.6 Å². The molecule has 0 saturated heterocycles. The Bertz CT molecular complexity index is 441. The Morgan fingerprint density at radius 2 is 2.21 bits per heavy atom. The maximum Gasteiger partial charge on any atom is 0.191 e. The van der Waals surface area contributed by atoms with E-state index in [0.717, 1.165) is 30.2 Å². The molecule has 104 valence electrons. The van der Waals surface area contributed by atoms with Crippen molar-refractivity contribution in [3.8, 4) is 5.75 Å². The summed E-state index contributed by atoms with van der Waals surface area (Å²) in [7, 11) is 3.46. The van der Waals surface area contributed by atoms with Crippen LogP contribution in [0.15, 0.2) is 35.8 Å². The summed E-state index contributed by atoms with van der Waals surface area (Å²) in [5.74, 6) is 1.73. The maximum atomic E-state index is 5.32. The standard InChI is InChI=1S/C15H23N3O/c1-5-9-17-15(16-3)18-10-8-13-7-6-12(2)14(11-13)19-4/h5-7,11H,1,8-10H2,2-4H3,(H2,16,17,18). The molecule has 0 aromatic heterocycles. The lowest BCUT2D eigenvalue weighted by Gasteiger charge is -2.11. The van der Waals surface area contributed by atoms with Crippen LogP contribution in [0.5, 0.6) is 5.75 Å². The van der Waals surface area contributed by atoms with Crippen molar-refractivity contribution in [1.29, 1.82) is 0 Å². The summed E-state index contributed by atoms with van der Waals surface area (Å²) in [5, 5.41) is 6.39. The molecule has 0 spiro atoms. The summed E-state index contributed by atoms with van der Waals surface area (Å²) in [4.78, 5) is 4.13. The number of benzene rings is 1. The Morgan fingerprint density at radius 1 is 1.42 bits per heavy atom. The summed E-state index contributed by atoms with van der Waals surface area (Å²) in [5.41, 5.74) is 2.40.